The van der Waals surface area contributed by atoms with Gasteiger partial charge in [0.2, 0.25) is 0 Å². The summed E-state index contributed by atoms with van der Waals surface area (Å²) in [7, 11) is 1.90. The van der Waals surface area contributed by atoms with E-state index in [0.717, 1.165) is 44.3 Å². The molecule has 0 amide bonds. The predicted octanol–water partition coefficient (Wildman–Crippen LogP) is 2.00. The molecule has 3 heterocycles. The molecule has 1 N–H and O–H groups in total. The van der Waals surface area contributed by atoms with E-state index in [0.29, 0.717) is 5.41 Å². The molecule has 0 aromatic carbocycles. The Morgan fingerprint density at radius 1 is 1.12 bits per heavy atom. The number of fused-ring (bicyclic) bond motifs is 1. The van der Waals surface area contributed by atoms with Gasteiger partial charge in [0, 0.05) is 46.1 Å². The molecule has 2 aliphatic heterocycles. The standard InChI is InChI=1S/C18H30N6/c1-19-17(23-13-10-18(14-23)8-5-9-18)20-11-7-16-22-21-15-6-3-2-4-12-24(15)16/h2-14H2,1H3,(H,19,20). The number of aryl methyl sites for hydroxylation is 1. The van der Waals surface area contributed by atoms with Crippen molar-refractivity contribution in [2.75, 3.05) is 26.7 Å². The third kappa shape index (κ3) is 3.03. The minimum absolute atomic E-state index is 0.613. The maximum Gasteiger partial charge on any atom is 0.193 e. The van der Waals surface area contributed by atoms with Crippen LogP contribution in [-0.4, -0.2) is 52.3 Å². The first kappa shape index (κ1) is 15.9. The van der Waals surface area contributed by atoms with E-state index in [4.69, 9.17) is 0 Å². The first-order chi connectivity index (χ1) is 11.8. The van der Waals surface area contributed by atoms with E-state index in [1.807, 2.05) is 7.05 Å². The summed E-state index contributed by atoms with van der Waals surface area (Å²) < 4.78 is 2.34. The number of aliphatic imine (C=N–C) groups is 1. The Morgan fingerprint density at radius 2 is 2.04 bits per heavy atom. The predicted molar refractivity (Wildman–Crippen MR) is 95.1 cm³/mol. The number of nitrogens with zero attached hydrogens (tertiary/aromatic N) is 5. The van der Waals surface area contributed by atoms with Gasteiger partial charge in [-0.15, -0.1) is 10.2 Å². The van der Waals surface area contributed by atoms with Gasteiger partial charge < -0.3 is 14.8 Å². The largest absolute Gasteiger partial charge is 0.356 e. The van der Waals surface area contributed by atoms with Crippen molar-refractivity contribution in [3.8, 4) is 0 Å². The topological polar surface area (TPSA) is 58.3 Å². The average Bonchev–Trinajstić information content (AvgIpc) is 3.10. The molecule has 1 spiro atoms. The van der Waals surface area contributed by atoms with Crippen LogP contribution in [0.4, 0.5) is 0 Å². The number of likely N-dealkylation sites (tertiary alicyclic amines) is 1. The van der Waals surface area contributed by atoms with Crippen molar-refractivity contribution in [2.45, 2.75) is 64.3 Å². The van der Waals surface area contributed by atoms with Crippen molar-refractivity contribution in [1.82, 2.24) is 25.0 Å². The van der Waals surface area contributed by atoms with Gasteiger partial charge >= 0.3 is 0 Å². The molecule has 2 fully saturated rings. The van der Waals surface area contributed by atoms with E-state index in [9.17, 15) is 0 Å². The fourth-order valence-electron chi connectivity index (χ4n) is 4.55. The Hall–Kier alpha value is -1.59. The Balaban J connectivity index is 1.31. The van der Waals surface area contributed by atoms with Crippen molar-refractivity contribution in [3.63, 3.8) is 0 Å². The molecule has 1 aromatic rings. The molecule has 0 unspecified atom stereocenters. The Labute approximate surface area is 144 Å². The lowest BCUT2D eigenvalue weighted by molar-refractivity contribution is 0.151. The van der Waals surface area contributed by atoms with Crippen LogP contribution in [0.3, 0.4) is 0 Å². The second kappa shape index (κ2) is 6.73. The van der Waals surface area contributed by atoms with Crippen LogP contribution < -0.4 is 5.32 Å². The van der Waals surface area contributed by atoms with Crippen LogP contribution in [0.25, 0.3) is 0 Å². The van der Waals surface area contributed by atoms with Crippen LogP contribution in [0.1, 0.15) is 56.6 Å². The normalized spacial score (nSPS) is 23.0. The summed E-state index contributed by atoms with van der Waals surface area (Å²) in [6.07, 6.45) is 11.4. The Kier molecular flexibility index (Phi) is 4.46. The highest BCUT2D eigenvalue weighted by Gasteiger charge is 2.43. The van der Waals surface area contributed by atoms with Gasteiger partial charge in [-0.3, -0.25) is 4.99 Å². The highest BCUT2D eigenvalue weighted by atomic mass is 15.3. The molecule has 1 aliphatic carbocycles. The molecule has 1 aromatic heterocycles. The van der Waals surface area contributed by atoms with E-state index in [1.165, 1.54) is 57.3 Å². The Morgan fingerprint density at radius 3 is 2.79 bits per heavy atom. The van der Waals surface area contributed by atoms with Gasteiger partial charge in [0.15, 0.2) is 5.96 Å². The van der Waals surface area contributed by atoms with Gasteiger partial charge in [0.25, 0.3) is 0 Å². The number of guanidine groups is 1. The molecule has 3 aliphatic rings. The van der Waals surface area contributed by atoms with Crippen LogP contribution in [0.2, 0.25) is 0 Å². The molecule has 0 radical (unpaired) electrons. The van der Waals surface area contributed by atoms with Crippen molar-refractivity contribution >= 4 is 5.96 Å². The minimum atomic E-state index is 0.613. The monoisotopic (exact) mass is 330 g/mol. The van der Waals surface area contributed by atoms with Crippen LogP contribution in [0.5, 0.6) is 0 Å². The highest BCUT2D eigenvalue weighted by Crippen LogP contribution is 2.47. The third-order valence-corrected chi connectivity index (χ3v) is 6.18. The van der Waals surface area contributed by atoms with Crippen LogP contribution in [-0.2, 0) is 19.4 Å². The first-order valence-corrected chi connectivity index (χ1v) is 9.66. The summed E-state index contributed by atoms with van der Waals surface area (Å²) in [5.41, 5.74) is 0.613. The lowest BCUT2D eigenvalue weighted by Crippen LogP contribution is -2.43. The number of nitrogens with one attached hydrogen (secondary N) is 1. The quantitative estimate of drug-likeness (QED) is 0.680. The lowest BCUT2D eigenvalue weighted by atomic mass is 9.68. The fraction of sp³-hybridized carbons (Fsp3) is 0.833. The molecule has 6 nitrogen and oxygen atoms in total. The average molecular weight is 330 g/mol. The minimum Gasteiger partial charge on any atom is -0.356 e. The van der Waals surface area contributed by atoms with Gasteiger partial charge in [-0.25, -0.2) is 0 Å². The van der Waals surface area contributed by atoms with Crippen LogP contribution >= 0.6 is 0 Å². The highest BCUT2D eigenvalue weighted by molar-refractivity contribution is 5.80. The van der Waals surface area contributed by atoms with Gasteiger partial charge in [0.05, 0.1) is 0 Å². The zero-order valence-corrected chi connectivity index (χ0v) is 14.9. The number of hydrogen-bond donors (Lipinski definition) is 1. The molecular formula is C18H30N6. The molecule has 6 heteroatoms. The second-order valence-electron chi connectivity index (χ2n) is 7.74. The van der Waals surface area contributed by atoms with E-state index in [-0.39, 0.29) is 0 Å². The van der Waals surface area contributed by atoms with E-state index in [1.54, 1.807) is 0 Å². The number of rotatable bonds is 3. The smallest absolute Gasteiger partial charge is 0.193 e. The lowest BCUT2D eigenvalue weighted by Gasteiger charge is -2.38. The van der Waals surface area contributed by atoms with Crippen molar-refractivity contribution in [3.05, 3.63) is 11.6 Å². The molecule has 1 saturated carbocycles. The van der Waals surface area contributed by atoms with Gasteiger partial charge in [-0.2, -0.15) is 0 Å². The molecule has 24 heavy (non-hydrogen) atoms. The summed E-state index contributed by atoms with van der Waals surface area (Å²) in [5, 5.41) is 12.4. The molecule has 1 saturated heterocycles. The van der Waals surface area contributed by atoms with Gasteiger partial charge in [0.1, 0.15) is 11.6 Å². The summed E-state index contributed by atoms with van der Waals surface area (Å²) in [5.74, 6) is 3.37. The second-order valence-corrected chi connectivity index (χ2v) is 7.74. The van der Waals surface area contributed by atoms with Crippen molar-refractivity contribution < 1.29 is 0 Å². The van der Waals surface area contributed by atoms with E-state index in [2.05, 4.69) is 30.0 Å². The van der Waals surface area contributed by atoms with Crippen molar-refractivity contribution in [2.24, 2.45) is 10.4 Å². The number of aromatic nitrogens is 3. The van der Waals surface area contributed by atoms with Crippen molar-refractivity contribution in [1.29, 1.82) is 0 Å². The molecular weight excluding hydrogens is 300 g/mol. The molecule has 0 atom stereocenters. The van der Waals surface area contributed by atoms with E-state index >= 15 is 0 Å². The fourth-order valence-corrected chi connectivity index (χ4v) is 4.55. The third-order valence-electron chi connectivity index (χ3n) is 6.18. The summed E-state index contributed by atoms with van der Waals surface area (Å²) >= 11 is 0. The summed E-state index contributed by atoms with van der Waals surface area (Å²) in [6, 6.07) is 0. The zero-order chi connectivity index (χ0) is 16.4. The summed E-state index contributed by atoms with van der Waals surface area (Å²) in [4.78, 5) is 6.95. The molecule has 4 rings (SSSR count). The van der Waals surface area contributed by atoms with E-state index < -0.39 is 0 Å². The Bertz CT molecular complexity index is 601. The maximum atomic E-state index is 4.50. The summed E-state index contributed by atoms with van der Waals surface area (Å²) in [6.45, 7) is 4.31. The SMILES string of the molecule is CN=C(NCCc1nnc2n1CCCCC2)N1CCC2(CCC2)C1. The van der Waals surface area contributed by atoms with Gasteiger partial charge in [-0.1, -0.05) is 12.8 Å². The first-order valence-electron chi connectivity index (χ1n) is 9.66. The zero-order valence-electron chi connectivity index (χ0n) is 14.9. The number of hydrogen-bond acceptors (Lipinski definition) is 3. The molecule has 0 bridgehead atoms. The van der Waals surface area contributed by atoms with Crippen LogP contribution in [0, 0.1) is 5.41 Å². The van der Waals surface area contributed by atoms with Gasteiger partial charge in [-0.05, 0) is 37.5 Å². The molecule has 132 valence electrons. The van der Waals surface area contributed by atoms with Crippen LogP contribution in [0.15, 0.2) is 4.99 Å². The maximum absolute atomic E-state index is 4.50.